The third-order valence-electron chi connectivity index (χ3n) is 2.38. The molecule has 68 valence electrons. The Bertz CT molecular complexity index is 189. The predicted octanol–water partition coefficient (Wildman–Crippen LogP) is 0.0471. The van der Waals surface area contributed by atoms with Crippen LogP contribution in [0.5, 0.6) is 0 Å². The summed E-state index contributed by atoms with van der Waals surface area (Å²) in [4.78, 5) is 21.5. The molecule has 0 bridgehead atoms. The molecule has 0 spiro atoms. The van der Waals surface area contributed by atoms with Gasteiger partial charge >= 0.3 is 5.97 Å². The minimum atomic E-state index is -0.980. The quantitative estimate of drug-likeness (QED) is 0.617. The van der Waals surface area contributed by atoms with E-state index in [0.29, 0.717) is 6.42 Å². The van der Waals surface area contributed by atoms with Crippen LogP contribution in [-0.4, -0.2) is 28.1 Å². The summed E-state index contributed by atoms with van der Waals surface area (Å²) >= 11 is 0. The Balaban J connectivity index is 2.72. The second-order valence-corrected chi connectivity index (χ2v) is 3.29. The fraction of sp³-hybridized carbons (Fsp3) is 0.750. The van der Waals surface area contributed by atoms with Crippen LogP contribution in [0, 0.1) is 11.8 Å². The molecule has 1 aliphatic rings. The van der Waals surface area contributed by atoms with Crippen LogP contribution in [0.2, 0.25) is 0 Å². The fourth-order valence-electron chi connectivity index (χ4n) is 1.73. The lowest BCUT2D eigenvalue weighted by atomic mass is 9.93. The molecule has 0 saturated heterocycles. The fourth-order valence-corrected chi connectivity index (χ4v) is 1.73. The van der Waals surface area contributed by atoms with Gasteiger partial charge in [-0.25, -0.2) is 0 Å². The summed E-state index contributed by atoms with van der Waals surface area (Å²) in [5, 5.41) is 17.8. The van der Waals surface area contributed by atoms with Crippen LogP contribution < -0.4 is 0 Å². The molecule has 1 saturated carbocycles. The number of rotatable bonds is 2. The van der Waals surface area contributed by atoms with Gasteiger partial charge in [-0.15, -0.1) is 0 Å². The maximum Gasteiger partial charge on any atom is 0.307 e. The van der Waals surface area contributed by atoms with Gasteiger partial charge < -0.3 is 10.2 Å². The third-order valence-corrected chi connectivity index (χ3v) is 2.38. The van der Waals surface area contributed by atoms with Crippen molar-refractivity contribution in [2.24, 2.45) is 11.8 Å². The molecule has 0 radical (unpaired) electrons. The molecule has 0 aliphatic heterocycles. The third kappa shape index (κ3) is 1.64. The monoisotopic (exact) mass is 172 g/mol. The van der Waals surface area contributed by atoms with Crippen LogP contribution in [0.15, 0.2) is 0 Å². The Morgan fingerprint density at radius 3 is 2.08 bits per heavy atom. The van der Waals surface area contributed by atoms with E-state index >= 15 is 0 Å². The van der Waals surface area contributed by atoms with Gasteiger partial charge in [-0.3, -0.25) is 9.59 Å². The minimum Gasteiger partial charge on any atom is -0.481 e. The Hall–Kier alpha value is -0.900. The standard InChI is InChI=1S/C8H12O4/c1-4(9)6-2-5(10)3-7(6)8(11)12/h5-7,10H,2-3H2,1H3,(H,11,12). The number of carboxylic acids is 1. The van der Waals surface area contributed by atoms with E-state index in [2.05, 4.69) is 0 Å². The van der Waals surface area contributed by atoms with Gasteiger partial charge in [0.05, 0.1) is 12.0 Å². The molecule has 0 heterocycles. The first kappa shape index (κ1) is 9.19. The summed E-state index contributed by atoms with van der Waals surface area (Å²) in [7, 11) is 0. The van der Waals surface area contributed by atoms with Crippen molar-refractivity contribution < 1.29 is 19.8 Å². The average Bonchev–Trinajstić information content (AvgIpc) is 2.31. The van der Waals surface area contributed by atoms with Crippen molar-refractivity contribution in [3.05, 3.63) is 0 Å². The highest BCUT2D eigenvalue weighted by Gasteiger charge is 2.40. The number of carbonyl (C=O) groups excluding carboxylic acids is 1. The molecule has 4 heteroatoms. The van der Waals surface area contributed by atoms with Crippen molar-refractivity contribution in [2.45, 2.75) is 25.9 Å². The zero-order chi connectivity index (χ0) is 9.30. The van der Waals surface area contributed by atoms with Crippen molar-refractivity contribution in [1.29, 1.82) is 0 Å². The number of aliphatic hydroxyl groups is 1. The molecule has 3 unspecified atom stereocenters. The number of hydrogen-bond acceptors (Lipinski definition) is 3. The number of Topliss-reactive ketones (excluding diaryl/α,β-unsaturated/α-hetero) is 1. The Kier molecular flexibility index (Phi) is 2.47. The average molecular weight is 172 g/mol. The highest BCUT2D eigenvalue weighted by Crippen LogP contribution is 2.32. The summed E-state index contributed by atoms with van der Waals surface area (Å²) in [5.41, 5.74) is 0. The molecule has 1 aliphatic carbocycles. The summed E-state index contributed by atoms with van der Waals surface area (Å²) in [6.07, 6.45) is -0.119. The van der Waals surface area contributed by atoms with Crippen LogP contribution >= 0.6 is 0 Å². The number of aliphatic hydroxyl groups excluding tert-OH is 1. The van der Waals surface area contributed by atoms with E-state index in [4.69, 9.17) is 10.2 Å². The summed E-state index contributed by atoms with van der Waals surface area (Å²) in [5.74, 6) is -2.29. The molecule has 2 N–H and O–H groups in total. The van der Waals surface area contributed by atoms with E-state index in [-0.39, 0.29) is 12.2 Å². The summed E-state index contributed by atoms with van der Waals surface area (Å²) in [6, 6.07) is 0. The van der Waals surface area contributed by atoms with Gasteiger partial charge in [-0.2, -0.15) is 0 Å². The lowest BCUT2D eigenvalue weighted by Crippen LogP contribution is -2.23. The molecule has 0 amide bonds. The van der Waals surface area contributed by atoms with Crippen LogP contribution in [0.25, 0.3) is 0 Å². The summed E-state index contributed by atoms with van der Waals surface area (Å²) < 4.78 is 0. The SMILES string of the molecule is CC(=O)C1CC(O)CC1C(=O)O. The molecule has 0 aromatic rings. The smallest absolute Gasteiger partial charge is 0.307 e. The zero-order valence-electron chi connectivity index (χ0n) is 6.86. The molecule has 4 nitrogen and oxygen atoms in total. The van der Waals surface area contributed by atoms with Gasteiger partial charge in [-0.05, 0) is 19.8 Å². The van der Waals surface area contributed by atoms with Crippen molar-refractivity contribution in [2.75, 3.05) is 0 Å². The molecule has 0 aromatic carbocycles. The van der Waals surface area contributed by atoms with Gasteiger partial charge in [0.25, 0.3) is 0 Å². The topological polar surface area (TPSA) is 74.6 Å². The van der Waals surface area contributed by atoms with Crippen molar-refractivity contribution in [1.82, 2.24) is 0 Å². The van der Waals surface area contributed by atoms with Gasteiger partial charge in [0.15, 0.2) is 0 Å². The van der Waals surface area contributed by atoms with E-state index in [9.17, 15) is 9.59 Å². The van der Waals surface area contributed by atoms with E-state index < -0.39 is 23.9 Å². The van der Waals surface area contributed by atoms with Gasteiger partial charge in [0, 0.05) is 5.92 Å². The molecular weight excluding hydrogens is 160 g/mol. The number of carboxylic acid groups (broad SMARTS) is 1. The van der Waals surface area contributed by atoms with Gasteiger partial charge in [0.1, 0.15) is 5.78 Å². The van der Waals surface area contributed by atoms with Crippen molar-refractivity contribution in [3.63, 3.8) is 0 Å². The Morgan fingerprint density at radius 2 is 1.75 bits per heavy atom. The first-order valence-electron chi connectivity index (χ1n) is 3.93. The maximum absolute atomic E-state index is 10.9. The van der Waals surface area contributed by atoms with E-state index in [1.165, 1.54) is 6.92 Å². The number of carbonyl (C=O) groups is 2. The van der Waals surface area contributed by atoms with E-state index in [1.807, 2.05) is 0 Å². The molecule has 0 aromatic heterocycles. The molecule has 12 heavy (non-hydrogen) atoms. The first-order chi connectivity index (χ1) is 5.52. The lowest BCUT2D eigenvalue weighted by Gasteiger charge is -2.10. The zero-order valence-corrected chi connectivity index (χ0v) is 6.86. The van der Waals surface area contributed by atoms with Crippen LogP contribution in [-0.2, 0) is 9.59 Å². The number of ketones is 1. The maximum atomic E-state index is 10.9. The van der Waals surface area contributed by atoms with Crippen molar-refractivity contribution in [3.8, 4) is 0 Å². The Morgan fingerprint density at radius 1 is 1.25 bits per heavy atom. The minimum absolute atomic E-state index is 0.140. The van der Waals surface area contributed by atoms with E-state index in [1.54, 1.807) is 0 Å². The number of hydrogen-bond donors (Lipinski definition) is 2. The second-order valence-electron chi connectivity index (χ2n) is 3.29. The highest BCUT2D eigenvalue weighted by molar-refractivity contribution is 5.85. The largest absolute Gasteiger partial charge is 0.481 e. The van der Waals surface area contributed by atoms with Gasteiger partial charge in [0.2, 0.25) is 0 Å². The molecular formula is C8H12O4. The Labute approximate surface area is 70.2 Å². The second kappa shape index (κ2) is 3.23. The number of aliphatic carboxylic acids is 1. The molecule has 1 rings (SSSR count). The first-order valence-corrected chi connectivity index (χ1v) is 3.93. The van der Waals surface area contributed by atoms with Crippen LogP contribution in [0.3, 0.4) is 0 Å². The normalized spacial score (nSPS) is 35.0. The van der Waals surface area contributed by atoms with Gasteiger partial charge in [-0.1, -0.05) is 0 Å². The predicted molar refractivity (Wildman–Crippen MR) is 40.5 cm³/mol. The molecule has 1 fully saturated rings. The van der Waals surface area contributed by atoms with Crippen LogP contribution in [0.1, 0.15) is 19.8 Å². The van der Waals surface area contributed by atoms with Crippen molar-refractivity contribution >= 4 is 11.8 Å². The summed E-state index contributed by atoms with van der Waals surface area (Å²) in [6.45, 7) is 1.37. The van der Waals surface area contributed by atoms with Crippen LogP contribution in [0.4, 0.5) is 0 Å². The lowest BCUT2D eigenvalue weighted by molar-refractivity contribution is -0.145. The molecule has 3 atom stereocenters. The van der Waals surface area contributed by atoms with E-state index in [0.717, 1.165) is 0 Å². The highest BCUT2D eigenvalue weighted by atomic mass is 16.4.